The fourth-order valence-electron chi connectivity index (χ4n) is 1.26. The molecule has 0 amide bonds. The number of carboxylic acid groups (broad SMARTS) is 1. The Bertz CT molecular complexity index is 406. The van der Waals surface area contributed by atoms with E-state index in [1.807, 2.05) is 0 Å². The van der Waals surface area contributed by atoms with Crippen LogP contribution in [0.4, 0.5) is 0 Å². The van der Waals surface area contributed by atoms with Crippen LogP contribution in [0.3, 0.4) is 0 Å². The van der Waals surface area contributed by atoms with Gasteiger partial charge in [0.1, 0.15) is 0 Å². The van der Waals surface area contributed by atoms with Gasteiger partial charge in [-0.2, -0.15) is 5.26 Å². The van der Waals surface area contributed by atoms with Crippen LogP contribution in [0.1, 0.15) is 40.0 Å². The number of unbranched alkanes of at least 4 members (excludes halogenated alkanes) is 1. The molecular weight excluding hydrogens is 242 g/mol. The van der Waals surface area contributed by atoms with E-state index < -0.39 is 26.5 Å². The van der Waals surface area contributed by atoms with Crippen LogP contribution in [0.5, 0.6) is 0 Å². The first-order valence-corrected chi connectivity index (χ1v) is 7.19. The molecule has 1 N–H and O–H groups in total. The van der Waals surface area contributed by atoms with Crippen molar-refractivity contribution >= 4 is 15.8 Å². The van der Waals surface area contributed by atoms with E-state index in [0.29, 0.717) is 19.3 Å². The van der Waals surface area contributed by atoms with Crippen molar-refractivity contribution in [1.82, 2.24) is 0 Å². The van der Waals surface area contributed by atoms with Crippen LogP contribution in [0.25, 0.3) is 0 Å². The topological polar surface area (TPSA) is 95.2 Å². The van der Waals surface area contributed by atoms with Gasteiger partial charge in [-0.15, -0.1) is 0 Å². The van der Waals surface area contributed by atoms with Crippen LogP contribution in [0.15, 0.2) is 0 Å². The van der Waals surface area contributed by atoms with E-state index in [1.165, 1.54) is 6.92 Å². The van der Waals surface area contributed by atoms with Crippen molar-refractivity contribution in [3.63, 3.8) is 0 Å². The smallest absolute Gasteiger partial charge is 0.321 e. The molecule has 0 aliphatic carbocycles. The summed E-state index contributed by atoms with van der Waals surface area (Å²) in [4.78, 5) is 10.6. The lowest BCUT2D eigenvalue weighted by Gasteiger charge is -2.14. The van der Waals surface area contributed by atoms with E-state index in [1.54, 1.807) is 13.8 Å². The number of sulfone groups is 1. The van der Waals surface area contributed by atoms with Crippen LogP contribution in [-0.4, -0.2) is 30.5 Å². The fraction of sp³-hybridized carbons (Fsp3) is 0.818. The van der Waals surface area contributed by atoms with Gasteiger partial charge in [0, 0.05) is 0 Å². The summed E-state index contributed by atoms with van der Waals surface area (Å²) >= 11 is 0. The van der Waals surface area contributed by atoms with E-state index in [0.717, 1.165) is 0 Å². The Balaban J connectivity index is 4.15. The van der Waals surface area contributed by atoms with Crippen LogP contribution in [0.2, 0.25) is 0 Å². The third-order valence-electron chi connectivity index (χ3n) is 2.67. The lowest BCUT2D eigenvalue weighted by atomic mass is 9.89. The number of nitriles is 1. The maximum Gasteiger partial charge on any atom is 0.321 e. The molecule has 1 unspecified atom stereocenters. The molecule has 0 bridgehead atoms. The predicted octanol–water partition coefficient (Wildman–Crippen LogP) is 1.59. The molecule has 0 spiro atoms. The Kier molecular flexibility index (Phi) is 5.62. The number of nitrogens with zero attached hydrogens (tertiary/aromatic N) is 1. The van der Waals surface area contributed by atoms with Gasteiger partial charge in [0.05, 0.1) is 17.2 Å². The Morgan fingerprint density at radius 2 is 1.94 bits per heavy atom. The minimum Gasteiger partial charge on any atom is -0.480 e. The maximum absolute atomic E-state index is 11.5. The van der Waals surface area contributed by atoms with E-state index in [2.05, 4.69) is 6.07 Å². The number of hydrogen-bond acceptors (Lipinski definition) is 4. The highest BCUT2D eigenvalue weighted by Crippen LogP contribution is 2.22. The molecule has 0 aliphatic heterocycles. The van der Waals surface area contributed by atoms with Gasteiger partial charge in [0.25, 0.3) is 0 Å². The molecule has 0 rings (SSSR count). The summed E-state index contributed by atoms with van der Waals surface area (Å²) in [6.07, 6.45) is 1.61. The third-order valence-corrected chi connectivity index (χ3v) is 4.81. The van der Waals surface area contributed by atoms with Crippen LogP contribution in [-0.2, 0) is 14.6 Å². The van der Waals surface area contributed by atoms with Crippen molar-refractivity contribution in [2.24, 2.45) is 5.41 Å². The summed E-state index contributed by atoms with van der Waals surface area (Å²) in [5.74, 6) is -1.45. The summed E-state index contributed by atoms with van der Waals surface area (Å²) in [6, 6.07) is 2.14. The number of aliphatic carboxylic acids is 1. The standard InChI is InChI=1S/C11H19NO4S/c1-9(10(13)14)17(15,16)7-5-4-6-11(2,3)8-12/h9H,4-7H2,1-3H3,(H,13,14). The highest BCUT2D eigenvalue weighted by molar-refractivity contribution is 7.92. The second-order valence-corrected chi connectivity index (χ2v) is 7.24. The second kappa shape index (κ2) is 6.01. The molecule has 0 aromatic rings. The Morgan fingerprint density at radius 1 is 1.41 bits per heavy atom. The molecule has 1 atom stereocenters. The van der Waals surface area contributed by atoms with E-state index >= 15 is 0 Å². The van der Waals surface area contributed by atoms with Crippen molar-refractivity contribution in [3.8, 4) is 6.07 Å². The third kappa shape index (κ3) is 5.68. The maximum atomic E-state index is 11.5. The zero-order valence-corrected chi connectivity index (χ0v) is 11.2. The second-order valence-electron chi connectivity index (χ2n) is 4.80. The number of hydrogen-bond donors (Lipinski definition) is 1. The SMILES string of the molecule is CC(C(=O)O)S(=O)(=O)CCCCC(C)(C)C#N. The summed E-state index contributed by atoms with van der Waals surface area (Å²) in [5.41, 5.74) is -0.456. The summed E-state index contributed by atoms with van der Waals surface area (Å²) in [5, 5.41) is 16.0. The first-order valence-electron chi connectivity index (χ1n) is 5.48. The monoisotopic (exact) mass is 261 g/mol. The zero-order valence-electron chi connectivity index (χ0n) is 10.4. The van der Waals surface area contributed by atoms with Gasteiger partial charge in [0.15, 0.2) is 15.1 Å². The van der Waals surface area contributed by atoms with E-state index in [-0.39, 0.29) is 5.75 Å². The van der Waals surface area contributed by atoms with Crippen molar-refractivity contribution in [2.45, 2.75) is 45.3 Å². The highest BCUT2D eigenvalue weighted by Gasteiger charge is 2.27. The quantitative estimate of drug-likeness (QED) is 0.702. The molecule has 0 aromatic carbocycles. The van der Waals surface area contributed by atoms with Gasteiger partial charge in [-0.25, -0.2) is 8.42 Å². The van der Waals surface area contributed by atoms with Crippen molar-refractivity contribution in [3.05, 3.63) is 0 Å². The minimum absolute atomic E-state index is 0.137. The van der Waals surface area contributed by atoms with Gasteiger partial charge in [-0.3, -0.25) is 4.79 Å². The van der Waals surface area contributed by atoms with Gasteiger partial charge in [-0.05, 0) is 33.6 Å². The van der Waals surface area contributed by atoms with E-state index in [9.17, 15) is 13.2 Å². The fourth-order valence-corrected chi connectivity index (χ4v) is 2.52. The average molecular weight is 261 g/mol. The number of carboxylic acids is 1. The Morgan fingerprint density at radius 3 is 2.35 bits per heavy atom. The molecule has 0 aromatic heterocycles. The van der Waals surface area contributed by atoms with Gasteiger partial charge in [0.2, 0.25) is 0 Å². The highest BCUT2D eigenvalue weighted by atomic mass is 32.2. The number of rotatable bonds is 7. The predicted molar refractivity (Wildman–Crippen MR) is 64.1 cm³/mol. The first-order chi connectivity index (χ1) is 7.62. The largest absolute Gasteiger partial charge is 0.480 e. The molecule has 0 heterocycles. The van der Waals surface area contributed by atoms with Crippen molar-refractivity contribution in [1.29, 1.82) is 5.26 Å². The molecule has 0 saturated heterocycles. The minimum atomic E-state index is -3.57. The molecule has 0 fully saturated rings. The molecule has 17 heavy (non-hydrogen) atoms. The normalized spacial score (nSPS) is 14.0. The Labute approximate surface area is 102 Å². The van der Waals surface area contributed by atoms with Crippen LogP contribution in [0, 0.1) is 16.7 Å². The molecular formula is C11H19NO4S. The van der Waals surface area contributed by atoms with Gasteiger partial charge in [-0.1, -0.05) is 6.42 Å². The molecule has 5 nitrogen and oxygen atoms in total. The average Bonchev–Trinajstić information content (AvgIpc) is 2.23. The van der Waals surface area contributed by atoms with E-state index in [4.69, 9.17) is 10.4 Å². The van der Waals surface area contributed by atoms with Crippen molar-refractivity contribution in [2.75, 3.05) is 5.75 Å². The van der Waals surface area contributed by atoms with Crippen molar-refractivity contribution < 1.29 is 18.3 Å². The summed E-state index contributed by atoms with van der Waals surface area (Å²) in [6.45, 7) is 4.76. The van der Waals surface area contributed by atoms with Crippen LogP contribution >= 0.6 is 0 Å². The molecule has 98 valence electrons. The summed E-state index contributed by atoms with van der Waals surface area (Å²) in [7, 11) is -3.57. The molecule has 0 aliphatic rings. The number of carbonyl (C=O) groups is 1. The summed E-state index contributed by atoms with van der Waals surface area (Å²) < 4.78 is 23.0. The molecule has 6 heteroatoms. The first kappa shape index (κ1) is 15.9. The van der Waals surface area contributed by atoms with Gasteiger partial charge >= 0.3 is 5.97 Å². The lowest BCUT2D eigenvalue weighted by molar-refractivity contribution is -0.136. The van der Waals surface area contributed by atoms with Gasteiger partial charge < -0.3 is 5.11 Å². The molecule has 0 radical (unpaired) electrons. The zero-order chi connectivity index (χ0) is 13.7. The lowest BCUT2D eigenvalue weighted by Crippen LogP contribution is -2.29. The Hall–Kier alpha value is -1.09. The molecule has 0 saturated carbocycles. The van der Waals surface area contributed by atoms with Crippen LogP contribution < -0.4 is 0 Å².